The van der Waals surface area contributed by atoms with Crippen molar-refractivity contribution < 1.29 is 0 Å². The number of nitrogens with zero attached hydrogens (tertiary/aromatic N) is 3. The molecule has 2 N–H and O–H groups in total. The van der Waals surface area contributed by atoms with Gasteiger partial charge in [0.15, 0.2) is 0 Å². The van der Waals surface area contributed by atoms with Gasteiger partial charge in [0, 0.05) is 37.9 Å². The number of aromatic nitrogens is 2. The van der Waals surface area contributed by atoms with Crippen molar-refractivity contribution in [3.63, 3.8) is 0 Å². The van der Waals surface area contributed by atoms with E-state index in [4.69, 9.17) is 5.73 Å². The summed E-state index contributed by atoms with van der Waals surface area (Å²) < 4.78 is 1.84. The second-order valence-corrected chi connectivity index (χ2v) is 4.14. The van der Waals surface area contributed by atoms with Crippen LogP contribution in [-0.2, 0) is 7.05 Å². The largest absolute Gasteiger partial charge is 0.326 e. The molecule has 2 rings (SSSR count). The lowest BCUT2D eigenvalue weighted by Crippen LogP contribution is -2.46. The molecule has 0 spiro atoms. The molecule has 14 heavy (non-hydrogen) atoms. The highest BCUT2D eigenvalue weighted by Gasteiger charge is 2.28. The van der Waals surface area contributed by atoms with Crippen molar-refractivity contribution in [3.05, 3.63) is 18.0 Å². The van der Waals surface area contributed by atoms with Crippen molar-refractivity contribution in [3.8, 4) is 0 Å². The summed E-state index contributed by atoms with van der Waals surface area (Å²) in [6, 6.07) is 0.511. The molecule has 1 aliphatic heterocycles. The molecule has 0 aliphatic carbocycles. The van der Waals surface area contributed by atoms with Crippen molar-refractivity contribution in [2.24, 2.45) is 12.8 Å². The Morgan fingerprint density at radius 1 is 1.50 bits per heavy atom. The molecule has 1 aliphatic rings. The Labute approximate surface area is 84.7 Å². The predicted octanol–water partition coefficient (Wildman–Crippen LogP) is 0.514. The van der Waals surface area contributed by atoms with E-state index < -0.39 is 0 Å². The minimum absolute atomic E-state index is 0.166. The summed E-state index contributed by atoms with van der Waals surface area (Å²) in [6.45, 7) is 4.40. The molecule has 0 bridgehead atoms. The van der Waals surface area contributed by atoms with Crippen LogP contribution in [0.5, 0.6) is 0 Å². The number of likely N-dealkylation sites (tertiary alicyclic amines) is 1. The van der Waals surface area contributed by atoms with Crippen molar-refractivity contribution in [1.29, 1.82) is 0 Å². The number of rotatable bonds is 3. The molecule has 4 heteroatoms. The molecule has 78 valence electrons. The zero-order chi connectivity index (χ0) is 10.1. The minimum atomic E-state index is 0.166. The molecule has 0 amide bonds. The highest BCUT2D eigenvalue weighted by Crippen LogP contribution is 2.27. The zero-order valence-electron chi connectivity index (χ0n) is 8.85. The Morgan fingerprint density at radius 2 is 2.21 bits per heavy atom. The van der Waals surface area contributed by atoms with Crippen LogP contribution in [0.1, 0.15) is 24.9 Å². The normalized spacial score (nSPS) is 21.6. The molecule has 0 saturated carbocycles. The van der Waals surface area contributed by atoms with Gasteiger partial charge in [-0.1, -0.05) is 0 Å². The Balaban J connectivity index is 2.17. The van der Waals surface area contributed by atoms with Crippen molar-refractivity contribution in [2.45, 2.75) is 25.4 Å². The maximum atomic E-state index is 6.01. The van der Waals surface area contributed by atoms with E-state index >= 15 is 0 Å². The third-order valence-corrected chi connectivity index (χ3v) is 2.85. The second kappa shape index (κ2) is 3.71. The van der Waals surface area contributed by atoms with Gasteiger partial charge < -0.3 is 5.73 Å². The van der Waals surface area contributed by atoms with Gasteiger partial charge in [0.2, 0.25) is 0 Å². The first-order valence-electron chi connectivity index (χ1n) is 5.16. The lowest BCUT2D eigenvalue weighted by atomic mass is 9.99. The van der Waals surface area contributed by atoms with E-state index in [2.05, 4.69) is 23.1 Å². The van der Waals surface area contributed by atoms with E-state index in [0.29, 0.717) is 6.04 Å². The first-order chi connectivity index (χ1) is 6.68. The molecular weight excluding hydrogens is 176 g/mol. The van der Waals surface area contributed by atoms with Gasteiger partial charge >= 0.3 is 0 Å². The molecule has 0 radical (unpaired) electrons. The summed E-state index contributed by atoms with van der Waals surface area (Å²) >= 11 is 0. The summed E-state index contributed by atoms with van der Waals surface area (Å²) in [5.74, 6) is 0. The second-order valence-electron chi connectivity index (χ2n) is 4.14. The first-order valence-corrected chi connectivity index (χ1v) is 5.16. The van der Waals surface area contributed by atoms with Crippen molar-refractivity contribution in [1.82, 2.24) is 14.7 Å². The van der Waals surface area contributed by atoms with Gasteiger partial charge in [-0.3, -0.25) is 9.58 Å². The van der Waals surface area contributed by atoms with Gasteiger partial charge in [0.25, 0.3) is 0 Å². The lowest BCUT2D eigenvalue weighted by Gasteiger charge is -2.40. The molecule has 4 nitrogen and oxygen atoms in total. The van der Waals surface area contributed by atoms with Crippen LogP contribution in [0.3, 0.4) is 0 Å². The van der Waals surface area contributed by atoms with Crippen molar-refractivity contribution in [2.75, 3.05) is 13.1 Å². The third kappa shape index (κ3) is 1.67. The Morgan fingerprint density at radius 3 is 2.57 bits per heavy atom. The highest BCUT2D eigenvalue weighted by atomic mass is 15.3. The van der Waals surface area contributed by atoms with Crippen LogP contribution >= 0.6 is 0 Å². The molecule has 0 aromatic carbocycles. The number of hydrogen-bond donors (Lipinski definition) is 1. The molecule has 2 heterocycles. The molecule has 1 aromatic heterocycles. The fraction of sp³-hybridized carbons (Fsp3) is 0.700. The number of hydrogen-bond acceptors (Lipinski definition) is 3. The monoisotopic (exact) mass is 194 g/mol. The average Bonchev–Trinajstić information content (AvgIpc) is 2.42. The van der Waals surface area contributed by atoms with Gasteiger partial charge in [-0.15, -0.1) is 0 Å². The highest BCUT2D eigenvalue weighted by molar-refractivity contribution is 5.13. The van der Waals surface area contributed by atoms with E-state index in [9.17, 15) is 0 Å². The van der Waals surface area contributed by atoms with Gasteiger partial charge in [0.05, 0.1) is 12.2 Å². The van der Waals surface area contributed by atoms with E-state index in [1.165, 1.54) is 25.1 Å². The quantitative estimate of drug-likeness (QED) is 0.763. The van der Waals surface area contributed by atoms with Crippen LogP contribution < -0.4 is 5.73 Å². The summed E-state index contributed by atoms with van der Waals surface area (Å²) in [5, 5.41) is 4.20. The molecule has 1 saturated heterocycles. The molecule has 2 atom stereocenters. The predicted molar refractivity (Wildman–Crippen MR) is 55.8 cm³/mol. The topological polar surface area (TPSA) is 47.1 Å². The van der Waals surface area contributed by atoms with Gasteiger partial charge in [-0.25, -0.2) is 0 Å². The SMILES string of the molecule is CC(N)C(c1cnn(C)c1)N1CCC1. The van der Waals surface area contributed by atoms with Crippen molar-refractivity contribution >= 4 is 0 Å². The smallest absolute Gasteiger partial charge is 0.0538 e. The third-order valence-electron chi connectivity index (χ3n) is 2.85. The molecule has 1 fully saturated rings. The zero-order valence-corrected chi connectivity index (χ0v) is 8.85. The molecular formula is C10H18N4. The summed E-state index contributed by atoms with van der Waals surface area (Å²) in [5.41, 5.74) is 7.25. The number of aryl methyl sites for hydroxylation is 1. The van der Waals surface area contributed by atoms with E-state index in [-0.39, 0.29) is 6.04 Å². The molecule has 1 aromatic rings. The standard InChI is InChI=1S/C10H18N4/c1-8(11)10(14-4-3-5-14)9-6-12-13(2)7-9/h6-8,10H,3-5,11H2,1-2H3. The Bertz CT molecular complexity index is 301. The van der Waals surface area contributed by atoms with Crippen LogP contribution in [0, 0.1) is 0 Å². The van der Waals surface area contributed by atoms with E-state index in [1.807, 2.05) is 17.9 Å². The van der Waals surface area contributed by atoms with Crippen LogP contribution in [-0.4, -0.2) is 33.8 Å². The maximum Gasteiger partial charge on any atom is 0.0538 e. The average molecular weight is 194 g/mol. The fourth-order valence-corrected chi connectivity index (χ4v) is 2.06. The first kappa shape index (κ1) is 9.68. The summed E-state index contributed by atoms with van der Waals surface area (Å²) in [6.07, 6.45) is 5.28. The van der Waals surface area contributed by atoms with Gasteiger partial charge in [-0.05, 0) is 13.3 Å². The van der Waals surface area contributed by atoms with Gasteiger partial charge in [0.1, 0.15) is 0 Å². The Hall–Kier alpha value is -0.870. The van der Waals surface area contributed by atoms with Crippen LogP contribution in [0.2, 0.25) is 0 Å². The van der Waals surface area contributed by atoms with Crippen LogP contribution in [0.25, 0.3) is 0 Å². The summed E-state index contributed by atoms with van der Waals surface area (Å²) in [7, 11) is 1.94. The summed E-state index contributed by atoms with van der Waals surface area (Å²) in [4.78, 5) is 2.42. The van der Waals surface area contributed by atoms with E-state index in [1.54, 1.807) is 0 Å². The minimum Gasteiger partial charge on any atom is -0.326 e. The lowest BCUT2D eigenvalue weighted by molar-refractivity contribution is 0.103. The molecule has 2 unspecified atom stereocenters. The van der Waals surface area contributed by atoms with E-state index in [0.717, 1.165) is 0 Å². The van der Waals surface area contributed by atoms with Crippen LogP contribution in [0.4, 0.5) is 0 Å². The maximum absolute atomic E-state index is 6.01. The van der Waals surface area contributed by atoms with Crippen LogP contribution in [0.15, 0.2) is 12.4 Å². The fourth-order valence-electron chi connectivity index (χ4n) is 2.06. The van der Waals surface area contributed by atoms with Gasteiger partial charge in [-0.2, -0.15) is 5.10 Å². The Kier molecular flexibility index (Phi) is 2.56. The number of nitrogens with two attached hydrogens (primary N) is 1.